The third-order valence-electron chi connectivity index (χ3n) is 13.3. The molecule has 0 atom stereocenters. The van der Waals surface area contributed by atoms with Crippen LogP contribution in [0.5, 0.6) is 5.88 Å². The number of H-pyrrole nitrogens is 1. The molecule has 2 heterocycles. The molecule has 4 rings (SSSR count). The van der Waals surface area contributed by atoms with Crippen LogP contribution in [0.3, 0.4) is 0 Å². The summed E-state index contributed by atoms with van der Waals surface area (Å²) in [6.45, 7) is 6.73. The molecule has 0 spiro atoms. The maximum Gasteiger partial charge on any atom is 0.280 e. The summed E-state index contributed by atoms with van der Waals surface area (Å²) in [5.41, 5.74) is 7.50. The molecule has 4 nitrogen and oxygen atoms in total. The summed E-state index contributed by atoms with van der Waals surface area (Å²) in [4.78, 5) is 21.2. The van der Waals surface area contributed by atoms with E-state index in [0.29, 0.717) is 22.5 Å². The highest BCUT2D eigenvalue weighted by Crippen LogP contribution is 2.41. The monoisotopic (exact) mass is 1040 g/mol. The number of aryl methyl sites for hydroxylation is 1. The number of rotatable bonds is 36. The number of halogens is 3. The van der Waals surface area contributed by atoms with Crippen LogP contribution in [-0.4, -0.2) is 21.7 Å². The second-order valence-electron chi connectivity index (χ2n) is 18.6. The Kier molecular flexibility index (Phi) is 26.7. The predicted octanol–water partition coefficient (Wildman–Crippen LogP) is 19.6. The molecule has 1 amide bonds. The molecule has 0 aliphatic carbocycles. The first-order chi connectivity index (χ1) is 30.3. The van der Waals surface area contributed by atoms with Crippen LogP contribution in [0.25, 0.3) is 11.3 Å². The molecule has 1 aliphatic heterocycles. The molecule has 346 valence electrons. The molecule has 3 aromatic rings. The maximum atomic E-state index is 13.5. The van der Waals surface area contributed by atoms with E-state index in [1.165, 1.54) is 216 Å². The summed E-state index contributed by atoms with van der Waals surface area (Å²) in [5, 5.41) is 11.2. The molecule has 0 saturated heterocycles. The van der Waals surface area contributed by atoms with Crippen LogP contribution in [0, 0.1) is 6.92 Å². The van der Waals surface area contributed by atoms with Gasteiger partial charge in [-0.25, -0.2) is 4.99 Å². The lowest BCUT2D eigenvalue weighted by Gasteiger charge is -2.12. The molecule has 0 bridgehead atoms. The van der Waals surface area contributed by atoms with Gasteiger partial charge in [-0.05, 0) is 73.6 Å². The molecule has 0 fully saturated rings. The number of fused-ring (bicyclic) bond motifs is 1. The first kappa shape index (κ1) is 52.9. The lowest BCUT2D eigenvalue weighted by molar-refractivity contribution is 0.101. The van der Waals surface area contributed by atoms with Crippen LogP contribution < -0.4 is 0 Å². The van der Waals surface area contributed by atoms with E-state index in [1.54, 1.807) is 0 Å². The van der Waals surface area contributed by atoms with Crippen molar-refractivity contribution in [3.8, 4) is 17.1 Å². The van der Waals surface area contributed by atoms with E-state index in [0.717, 1.165) is 43.8 Å². The highest BCUT2D eigenvalue weighted by molar-refractivity contribution is 9.11. The van der Waals surface area contributed by atoms with Crippen molar-refractivity contribution in [2.75, 3.05) is 0 Å². The fraction of sp³-hybridized carbons (Fsp3) is 0.673. The predicted molar refractivity (Wildman–Crippen MR) is 279 cm³/mol. The molecule has 1 aromatic heterocycles. The van der Waals surface area contributed by atoms with Crippen molar-refractivity contribution < 1.29 is 9.90 Å². The molecule has 0 saturated carbocycles. The van der Waals surface area contributed by atoms with Crippen LogP contribution in [0.1, 0.15) is 257 Å². The van der Waals surface area contributed by atoms with Gasteiger partial charge in [0.05, 0.1) is 22.5 Å². The van der Waals surface area contributed by atoms with Crippen LogP contribution in [0.2, 0.25) is 0 Å². The van der Waals surface area contributed by atoms with Crippen molar-refractivity contribution in [2.45, 2.75) is 239 Å². The lowest BCUT2D eigenvalue weighted by atomic mass is 9.95. The van der Waals surface area contributed by atoms with Gasteiger partial charge in [0, 0.05) is 24.5 Å². The molecule has 0 unspecified atom stereocenters. The van der Waals surface area contributed by atoms with Crippen LogP contribution in [-0.2, 0) is 12.8 Å². The Morgan fingerprint density at radius 2 is 0.806 bits per heavy atom. The quantitative estimate of drug-likeness (QED) is 0.0570. The smallest absolute Gasteiger partial charge is 0.280 e. The summed E-state index contributed by atoms with van der Waals surface area (Å²) in [6, 6.07) is 8.33. The van der Waals surface area contributed by atoms with Gasteiger partial charge in [-0.1, -0.05) is 254 Å². The first-order valence-corrected chi connectivity index (χ1v) is 28.0. The molecule has 2 aromatic carbocycles. The molecular formula is C55H83Br3N2O2. The summed E-state index contributed by atoms with van der Waals surface area (Å²) in [6.07, 6.45) is 45.8. The number of aromatic hydroxyl groups is 1. The van der Waals surface area contributed by atoms with Crippen molar-refractivity contribution in [3.05, 3.63) is 71.1 Å². The van der Waals surface area contributed by atoms with E-state index in [-0.39, 0.29) is 11.8 Å². The lowest BCUT2D eigenvalue weighted by Crippen LogP contribution is -2.02. The second-order valence-corrected chi connectivity index (χ2v) is 21.2. The molecule has 62 heavy (non-hydrogen) atoms. The largest absolute Gasteiger partial charge is 0.494 e. The average Bonchev–Trinajstić information content (AvgIpc) is 3.78. The number of carbonyl (C=O) groups is 1. The number of nitrogens with one attached hydrogen (secondary N) is 1. The Hall–Kier alpha value is -1.70. The summed E-state index contributed by atoms with van der Waals surface area (Å²) in [5.74, 6) is -0.341. The van der Waals surface area contributed by atoms with Gasteiger partial charge in [-0.2, -0.15) is 0 Å². The van der Waals surface area contributed by atoms with Gasteiger partial charge >= 0.3 is 0 Å². The highest BCUT2D eigenvalue weighted by Gasteiger charge is 2.34. The van der Waals surface area contributed by atoms with Crippen LogP contribution in [0.15, 0.2) is 42.7 Å². The fourth-order valence-corrected chi connectivity index (χ4v) is 11.8. The topological polar surface area (TPSA) is 65.4 Å². The molecular weight excluding hydrogens is 960 g/mol. The number of aromatic nitrogens is 1. The standard InChI is InChI=1S/C55H83Br3N2O2/c1-4-6-8-10-12-14-16-18-20-22-24-26-28-30-32-34-36-45-42(3)38-43(39-47(45)56)52-50-51(55(62)59-52)53(60-54(50)61)44-40-48(57)46(49(58)41-44)37-35-33-31-29-27-25-23-21-19-17-15-13-11-9-7-5-2/h38-41,59,62H,4-37H2,1-3H3. The van der Waals surface area contributed by atoms with Gasteiger partial charge in [0.25, 0.3) is 5.91 Å². The van der Waals surface area contributed by atoms with Crippen LogP contribution >= 0.6 is 47.8 Å². The molecule has 2 N–H and O–H groups in total. The normalized spacial score (nSPS) is 12.5. The SMILES string of the molecule is CCCCCCCCCCCCCCCCCCc1c(C)cc(-c2[nH]c(O)c3c2C(=O)N=C3c2cc(Br)c(CCCCCCCCCCCCCCCCCC)c(Br)c2)cc1Br. The Bertz CT molecular complexity index is 1730. The fourth-order valence-electron chi connectivity index (χ4n) is 9.48. The van der Waals surface area contributed by atoms with E-state index in [1.807, 2.05) is 12.1 Å². The second kappa shape index (κ2) is 31.3. The number of hydrogen-bond acceptors (Lipinski definition) is 2. The minimum Gasteiger partial charge on any atom is -0.494 e. The highest BCUT2D eigenvalue weighted by atomic mass is 79.9. The number of nitrogens with zero attached hydrogens (tertiary/aromatic N) is 1. The van der Waals surface area contributed by atoms with Crippen LogP contribution in [0.4, 0.5) is 0 Å². The van der Waals surface area contributed by atoms with E-state index in [4.69, 9.17) is 0 Å². The maximum absolute atomic E-state index is 13.5. The number of aromatic amines is 1. The van der Waals surface area contributed by atoms with Gasteiger partial charge in [-0.3, -0.25) is 4.79 Å². The summed E-state index contributed by atoms with van der Waals surface area (Å²) < 4.78 is 3.05. The Morgan fingerprint density at radius 1 is 0.468 bits per heavy atom. The molecule has 7 heteroatoms. The molecule has 1 aliphatic rings. The third-order valence-corrected chi connectivity index (χ3v) is 15.4. The zero-order valence-electron chi connectivity index (χ0n) is 39.3. The number of benzene rings is 2. The van der Waals surface area contributed by atoms with Crippen molar-refractivity contribution in [3.63, 3.8) is 0 Å². The van der Waals surface area contributed by atoms with Gasteiger partial charge in [0.15, 0.2) is 5.88 Å². The van der Waals surface area contributed by atoms with Crippen molar-refractivity contribution in [1.82, 2.24) is 4.98 Å². The number of amides is 1. The zero-order valence-corrected chi connectivity index (χ0v) is 44.0. The summed E-state index contributed by atoms with van der Waals surface area (Å²) >= 11 is 11.5. The average molecular weight is 1040 g/mol. The summed E-state index contributed by atoms with van der Waals surface area (Å²) in [7, 11) is 0. The van der Waals surface area contributed by atoms with Crippen molar-refractivity contribution in [1.29, 1.82) is 0 Å². The van der Waals surface area contributed by atoms with Gasteiger partial charge in [0.1, 0.15) is 0 Å². The van der Waals surface area contributed by atoms with E-state index in [9.17, 15) is 9.90 Å². The zero-order chi connectivity index (χ0) is 44.4. The van der Waals surface area contributed by atoms with E-state index in [2.05, 4.69) is 90.7 Å². The minimum atomic E-state index is -0.322. The number of hydrogen-bond donors (Lipinski definition) is 2. The minimum absolute atomic E-state index is 0.0184. The number of aliphatic imine (C=N–C) groups is 1. The van der Waals surface area contributed by atoms with Crippen molar-refractivity contribution in [2.24, 2.45) is 4.99 Å². The molecule has 0 radical (unpaired) electrons. The van der Waals surface area contributed by atoms with Gasteiger partial charge in [0.2, 0.25) is 0 Å². The van der Waals surface area contributed by atoms with Gasteiger partial charge in [-0.15, -0.1) is 0 Å². The number of unbranched alkanes of at least 4 members (excludes halogenated alkanes) is 30. The Labute approximate surface area is 403 Å². The van der Waals surface area contributed by atoms with E-state index >= 15 is 0 Å². The number of carbonyl (C=O) groups excluding carboxylic acids is 1. The Morgan fingerprint density at radius 3 is 1.19 bits per heavy atom. The van der Waals surface area contributed by atoms with Crippen molar-refractivity contribution >= 4 is 59.4 Å². The Balaban J connectivity index is 1.17. The van der Waals surface area contributed by atoms with E-state index < -0.39 is 0 Å². The third kappa shape index (κ3) is 18.3. The first-order valence-electron chi connectivity index (χ1n) is 25.6. The van der Waals surface area contributed by atoms with Gasteiger partial charge < -0.3 is 10.1 Å².